The molecule has 1 aromatic carbocycles. The molecular weight excluding hydrogens is 150 g/mol. The zero-order chi connectivity index (χ0) is 6.85. The molecule has 0 aliphatic carbocycles. The van der Waals surface area contributed by atoms with E-state index in [9.17, 15) is 0 Å². The van der Waals surface area contributed by atoms with Crippen LogP contribution in [0.3, 0.4) is 0 Å². The first-order valence-electron chi connectivity index (χ1n) is 2.75. The third-order valence-electron chi connectivity index (χ3n) is 1.18. The van der Waals surface area contributed by atoms with E-state index < -0.39 is 0 Å². The van der Waals surface area contributed by atoms with E-state index in [-0.39, 0.29) is 18.2 Å². The summed E-state index contributed by atoms with van der Waals surface area (Å²) >= 11 is 0. The van der Waals surface area contributed by atoms with Crippen LogP contribution < -0.4 is 5.73 Å². The van der Waals surface area contributed by atoms with Crippen LogP contribution >= 0.6 is 12.4 Å². The first kappa shape index (κ1) is 9.11. The van der Waals surface area contributed by atoms with Crippen LogP contribution in [-0.4, -0.2) is 5.11 Å². The summed E-state index contributed by atoms with van der Waals surface area (Å²) in [6.07, 6.45) is 0. The van der Waals surface area contributed by atoms with Crippen molar-refractivity contribution < 1.29 is 5.11 Å². The standard InChI is InChI=1S/C7H9NO.ClH/c1-5-2-3-7(9)6(8)4-5;/h2-4,9H,8H2,1H3;1H. The zero-order valence-electron chi connectivity index (χ0n) is 5.66. The predicted octanol–water partition coefficient (Wildman–Crippen LogP) is 1.70. The fourth-order valence-electron chi connectivity index (χ4n) is 0.674. The molecule has 1 rings (SSSR count). The van der Waals surface area contributed by atoms with Crippen molar-refractivity contribution in [3.8, 4) is 5.75 Å². The Hall–Kier alpha value is -0.890. The van der Waals surface area contributed by atoms with Crippen molar-refractivity contribution in [2.75, 3.05) is 5.73 Å². The van der Waals surface area contributed by atoms with E-state index >= 15 is 0 Å². The molecule has 0 atom stereocenters. The fourth-order valence-corrected chi connectivity index (χ4v) is 0.674. The Morgan fingerprint density at radius 3 is 2.40 bits per heavy atom. The van der Waals surface area contributed by atoms with Crippen molar-refractivity contribution in [3.05, 3.63) is 23.8 Å². The highest BCUT2D eigenvalue weighted by Crippen LogP contribution is 2.19. The lowest BCUT2D eigenvalue weighted by molar-refractivity contribution is 0.478. The van der Waals surface area contributed by atoms with Crippen LogP contribution in [0.25, 0.3) is 0 Å². The normalized spacial score (nSPS) is 8.50. The van der Waals surface area contributed by atoms with Crippen LogP contribution in [0.15, 0.2) is 18.2 Å². The van der Waals surface area contributed by atoms with E-state index in [0.29, 0.717) is 5.69 Å². The molecule has 0 bridgehead atoms. The second-order valence-electron chi connectivity index (χ2n) is 2.06. The third kappa shape index (κ3) is 1.81. The summed E-state index contributed by atoms with van der Waals surface area (Å²) in [6.45, 7) is 1.93. The monoisotopic (exact) mass is 159 g/mol. The van der Waals surface area contributed by atoms with Gasteiger partial charge in [0.1, 0.15) is 5.75 Å². The Morgan fingerprint density at radius 2 is 2.00 bits per heavy atom. The molecule has 56 valence electrons. The van der Waals surface area contributed by atoms with Gasteiger partial charge in [0.2, 0.25) is 0 Å². The molecular formula is C7H10ClNO. The highest BCUT2D eigenvalue weighted by atomic mass is 35.5. The summed E-state index contributed by atoms with van der Waals surface area (Å²) in [6, 6.07) is 5.13. The van der Waals surface area contributed by atoms with Gasteiger partial charge in [-0.2, -0.15) is 0 Å². The minimum absolute atomic E-state index is 0. The van der Waals surface area contributed by atoms with Crippen LogP contribution in [0.4, 0.5) is 5.69 Å². The largest absolute Gasteiger partial charge is 0.506 e. The van der Waals surface area contributed by atoms with Gasteiger partial charge in [0.05, 0.1) is 5.69 Å². The fraction of sp³-hybridized carbons (Fsp3) is 0.143. The van der Waals surface area contributed by atoms with Gasteiger partial charge < -0.3 is 10.8 Å². The van der Waals surface area contributed by atoms with Crippen molar-refractivity contribution in [2.45, 2.75) is 6.92 Å². The Kier molecular flexibility index (Phi) is 3.03. The smallest absolute Gasteiger partial charge is 0.138 e. The van der Waals surface area contributed by atoms with E-state index in [1.54, 1.807) is 12.1 Å². The summed E-state index contributed by atoms with van der Waals surface area (Å²) in [4.78, 5) is 0. The number of aryl methyl sites for hydroxylation is 1. The molecule has 0 fully saturated rings. The van der Waals surface area contributed by atoms with Crippen LogP contribution in [0, 0.1) is 6.92 Å². The highest BCUT2D eigenvalue weighted by Gasteiger charge is 1.92. The van der Waals surface area contributed by atoms with Gasteiger partial charge in [-0.3, -0.25) is 0 Å². The van der Waals surface area contributed by atoms with E-state index in [2.05, 4.69) is 0 Å². The van der Waals surface area contributed by atoms with Gasteiger partial charge in [0.15, 0.2) is 0 Å². The minimum Gasteiger partial charge on any atom is -0.506 e. The number of phenolic OH excluding ortho intramolecular Hbond substituents is 1. The van der Waals surface area contributed by atoms with Gasteiger partial charge in [-0.15, -0.1) is 12.4 Å². The van der Waals surface area contributed by atoms with Crippen molar-refractivity contribution in [1.29, 1.82) is 0 Å². The number of halogens is 1. The van der Waals surface area contributed by atoms with Crippen molar-refractivity contribution in [1.82, 2.24) is 0 Å². The molecule has 2 nitrogen and oxygen atoms in total. The molecule has 0 aromatic heterocycles. The van der Waals surface area contributed by atoms with Gasteiger partial charge in [-0.1, -0.05) is 6.07 Å². The van der Waals surface area contributed by atoms with E-state index in [1.807, 2.05) is 13.0 Å². The zero-order valence-corrected chi connectivity index (χ0v) is 6.48. The highest BCUT2D eigenvalue weighted by molar-refractivity contribution is 5.85. The van der Waals surface area contributed by atoms with Crippen LogP contribution in [0.1, 0.15) is 5.56 Å². The molecule has 3 N–H and O–H groups in total. The maximum Gasteiger partial charge on any atom is 0.138 e. The van der Waals surface area contributed by atoms with Gasteiger partial charge in [-0.25, -0.2) is 0 Å². The average Bonchev–Trinajstić information content (AvgIpc) is 1.80. The van der Waals surface area contributed by atoms with E-state index in [1.165, 1.54) is 0 Å². The lowest BCUT2D eigenvalue weighted by Crippen LogP contribution is -1.85. The molecule has 0 spiro atoms. The number of nitrogens with two attached hydrogens (primary N) is 1. The summed E-state index contributed by atoms with van der Waals surface area (Å²) in [5.74, 6) is 0.153. The Labute approximate surface area is 66.1 Å². The maximum atomic E-state index is 8.92. The van der Waals surface area contributed by atoms with Gasteiger partial charge in [-0.05, 0) is 24.6 Å². The van der Waals surface area contributed by atoms with Crippen molar-refractivity contribution in [2.24, 2.45) is 0 Å². The molecule has 3 heteroatoms. The Morgan fingerprint density at radius 1 is 1.40 bits per heavy atom. The lowest BCUT2D eigenvalue weighted by atomic mass is 10.2. The van der Waals surface area contributed by atoms with Crippen molar-refractivity contribution >= 4 is 18.1 Å². The Balaban J connectivity index is 0.000000810. The average molecular weight is 160 g/mol. The Bertz CT molecular complexity index is 225. The number of hydrogen-bond acceptors (Lipinski definition) is 2. The number of hydrogen-bond donors (Lipinski definition) is 2. The minimum atomic E-state index is 0. The van der Waals surface area contributed by atoms with Gasteiger partial charge >= 0.3 is 0 Å². The molecule has 0 saturated carbocycles. The number of nitrogen functional groups attached to an aromatic ring is 1. The summed E-state index contributed by atoms with van der Waals surface area (Å²) in [5.41, 5.74) is 6.87. The predicted molar refractivity (Wildman–Crippen MR) is 44.5 cm³/mol. The van der Waals surface area contributed by atoms with Gasteiger partial charge in [0, 0.05) is 0 Å². The lowest BCUT2D eigenvalue weighted by Gasteiger charge is -1.97. The molecule has 0 aliphatic rings. The van der Waals surface area contributed by atoms with Gasteiger partial charge in [0.25, 0.3) is 0 Å². The molecule has 0 radical (unpaired) electrons. The van der Waals surface area contributed by atoms with E-state index in [0.717, 1.165) is 5.56 Å². The summed E-state index contributed by atoms with van der Waals surface area (Å²) in [7, 11) is 0. The molecule has 1 aromatic rings. The molecule has 0 amide bonds. The number of anilines is 1. The maximum absolute atomic E-state index is 8.92. The first-order valence-corrected chi connectivity index (χ1v) is 2.75. The first-order chi connectivity index (χ1) is 4.20. The van der Waals surface area contributed by atoms with Crippen LogP contribution in [0.2, 0.25) is 0 Å². The second kappa shape index (κ2) is 3.32. The van der Waals surface area contributed by atoms with Crippen LogP contribution in [0.5, 0.6) is 5.75 Å². The molecule has 0 aliphatic heterocycles. The number of rotatable bonds is 0. The number of phenols is 1. The SMILES string of the molecule is Cc1ccc(O)c(N)c1.Cl. The summed E-state index contributed by atoms with van der Waals surface area (Å²) < 4.78 is 0. The molecule has 10 heavy (non-hydrogen) atoms. The topological polar surface area (TPSA) is 46.2 Å². The van der Waals surface area contributed by atoms with E-state index in [4.69, 9.17) is 10.8 Å². The molecule has 0 saturated heterocycles. The summed E-state index contributed by atoms with van der Waals surface area (Å²) in [5, 5.41) is 8.92. The third-order valence-corrected chi connectivity index (χ3v) is 1.18. The number of benzene rings is 1. The second-order valence-corrected chi connectivity index (χ2v) is 2.06. The van der Waals surface area contributed by atoms with Crippen molar-refractivity contribution in [3.63, 3.8) is 0 Å². The quantitative estimate of drug-likeness (QED) is 0.447. The number of aromatic hydroxyl groups is 1. The molecule has 0 unspecified atom stereocenters. The van der Waals surface area contributed by atoms with Crippen LogP contribution in [-0.2, 0) is 0 Å². The molecule has 0 heterocycles.